The van der Waals surface area contributed by atoms with E-state index in [-0.39, 0.29) is 30.8 Å². The number of nitrogens with zero attached hydrogens (tertiary/aromatic N) is 3. The van der Waals surface area contributed by atoms with Crippen LogP contribution in [0.4, 0.5) is 5.69 Å². The zero-order valence-corrected chi connectivity index (χ0v) is 17.8. The number of anilines is 1. The monoisotopic (exact) mass is 436 g/mol. The van der Waals surface area contributed by atoms with Gasteiger partial charge in [0.25, 0.3) is 5.91 Å². The van der Waals surface area contributed by atoms with E-state index in [1.165, 1.54) is 11.3 Å². The van der Waals surface area contributed by atoms with E-state index in [9.17, 15) is 14.7 Å². The van der Waals surface area contributed by atoms with Gasteiger partial charge in [-0.15, -0.1) is 11.3 Å². The SMILES string of the molecule is O=C(Cc1csc(-c2ccccn2)n1)Nc1cccc(C(=O)N2CCC(CO)CC2)c1. The third-order valence-electron chi connectivity index (χ3n) is 5.33. The van der Waals surface area contributed by atoms with Gasteiger partial charge < -0.3 is 15.3 Å². The van der Waals surface area contributed by atoms with Crippen molar-refractivity contribution in [1.82, 2.24) is 14.9 Å². The fourth-order valence-electron chi connectivity index (χ4n) is 3.60. The van der Waals surface area contributed by atoms with Gasteiger partial charge in [-0.05, 0) is 49.1 Å². The Labute approximate surface area is 184 Å². The second-order valence-electron chi connectivity index (χ2n) is 7.58. The van der Waals surface area contributed by atoms with Crippen molar-refractivity contribution in [2.24, 2.45) is 5.92 Å². The van der Waals surface area contributed by atoms with Crippen molar-refractivity contribution in [3.63, 3.8) is 0 Å². The van der Waals surface area contributed by atoms with Gasteiger partial charge in [0.05, 0.1) is 17.8 Å². The highest BCUT2D eigenvalue weighted by Gasteiger charge is 2.23. The maximum atomic E-state index is 12.8. The van der Waals surface area contributed by atoms with Crippen molar-refractivity contribution in [2.75, 3.05) is 25.0 Å². The zero-order valence-electron chi connectivity index (χ0n) is 17.0. The number of hydrogen-bond acceptors (Lipinski definition) is 6. The van der Waals surface area contributed by atoms with Crippen LogP contribution in [0.25, 0.3) is 10.7 Å². The van der Waals surface area contributed by atoms with Crippen molar-refractivity contribution in [2.45, 2.75) is 19.3 Å². The lowest BCUT2D eigenvalue weighted by molar-refractivity contribution is -0.115. The van der Waals surface area contributed by atoms with Crippen molar-refractivity contribution >= 4 is 28.8 Å². The number of carbonyl (C=O) groups excluding carboxylic acids is 2. The average Bonchev–Trinajstić information content (AvgIpc) is 3.27. The Morgan fingerprint density at radius 3 is 2.74 bits per heavy atom. The summed E-state index contributed by atoms with van der Waals surface area (Å²) >= 11 is 1.46. The Morgan fingerprint density at radius 2 is 2.00 bits per heavy atom. The number of pyridine rings is 1. The third kappa shape index (κ3) is 5.34. The molecule has 8 heteroatoms. The topological polar surface area (TPSA) is 95.4 Å². The molecule has 160 valence electrons. The van der Waals surface area contributed by atoms with Crippen LogP contribution < -0.4 is 5.32 Å². The minimum Gasteiger partial charge on any atom is -0.396 e. The van der Waals surface area contributed by atoms with E-state index >= 15 is 0 Å². The molecule has 2 amide bonds. The molecule has 1 fully saturated rings. The molecule has 1 aromatic carbocycles. The Balaban J connectivity index is 1.36. The Morgan fingerprint density at radius 1 is 1.16 bits per heavy atom. The summed E-state index contributed by atoms with van der Waals surface area (Å²) in [6.45, 7) is 1.46. The van der Waals surface area contributed by atoms with E-state index in [2.05, 4.69) is 15.3 Å². The lowest BCUT2D eigenvalue weighted by Gasteiger charge is -2.31. The second kappa shape index (κ2) is 9.80. The van der Waals surface area contributed by atoms with E-state index in [1.54, 1.807) is 30.5 Å². The number of hydrogen-bond donors (Lipinski definition) is 2. The molecule has 0 spiro atoms. The highest BCUT2D eigenvalue weighted by atomic mass is 32.1. The van der Waals surface area contributed by atoms with Crippen LogP contribution in [0.3, 0.4) is 0 Å². The number of benzene rings is 1. The predicted octanol–water partition coefficient (Wildman–Crippen LogP) is 3.23. The van der Waals surface area contributed by atoms with Crippen LogP contribution in [0.15, 0.2) is 54.0 Å². The number of thiazole rings is 1. The molecule has 2 N–H and O–H groups in total. The molecule has 0 saturated carbocycles. The molecule has 2 aromatic heterocycles. The van der Waals surface area contributed by atoms with Crippen LogP contribution in [-0.2, 0) is 11.2 Å². The normalized spacial score (nSPS) is 14.4. The van der Waals surface area contributed by atoms with Gasteiger partial charge in [-0.2, -0.15) is 0 Å². The molecule has 0 radical (unpaired) electrons. The van der Waals surface area contributed by atoms with Crippen LogP contribution >= 0.6 is 11.3 Å². The van der Waals surface area contributed by atoms with E-state index in [4.69, 9.17) is 0 Å². The maximum Gasteiger partial charge on any atom is 0.253 e. The molecule has 1 saturated heterocycles. The van der Waals surface area contributed by atoms with E-state index in [1.807, 2.05) is 28.5 Å². The average molecular weight is 437 g/mol. The van der Waals surface area contributed by atoms with Gasteiger partial charge in [0, 0.05) is 42.5 Å². The third-order valence-corrected chi connectivity index (χ3v) is 6.24. The molecule has 0 atom stereocenters. The first kappa shape index (κ1) is 21.1. The lowest BCUT2D eigenvalue weighted by Crippen LogP contribution is -2.39. The van der Waals surface area contributed by atoms with Gasteiger partial charge in [-0.25, -0.2) is 4.98 Å². The number of aromatic nitrogens is 2. The smallest absolute Gasteiger partial charge is 0.253 e. The second-order valence-corrected chi connectivity index (χ2v) is 8.44. The quantitative estimate of drug-likeness (QED) is 0.619. The first-order chi connectivity index (χ1) is 15.1. The molecular weight excluding hydrogens is 412 g/mol. The van der Waals surface area contributed by atoms with Crippen molar-refractivity contribution in [3.8, 4) is 10.7 Å². The fraction of sp³-hybridized carbons (Fsp3) is 0.304. The van der Waals surface area contributed by atoms with Crippen LogP contribution in [0, 0.1) is 5.92 Å². The first-order valence-corrected chi connectivity index (χ1v) is 11.2. The lowest BCUT2D eigenvalue weighted by atomic mass is 9.97. The number of rotatable bonds is 6. The number of aliphatic hydroxyl groups is 1. The molecule has 1 aliphatic heterocycles. The van der Waals surface area contributed by atoms with Crippen molar-refractivity contribution in [3.05, 3.63) is 65.3 Å². The molecule has 3 aromatic rings. The van der Waals surface area contributed by atoms with E-state index in [0.717, 1.165) is 23.5 Å². The van der Waals surface area contributed by atoms with Crippen LogP contribution in [0.1, 0.15) is 28.9 Å². The number of aliphatic hydroxyl groups excluding tert-OH is 1. The molecule has 1 aliphatic rings. The van der Waals surface area contributed by atoms with Gasteiger partial charge >= 0.3 is 0 Å². The maximum absolute atomic E-state index is 12.8. The summed E-state index contributed by atoms with van der Waals surface area (Å²) in [6, 6.07) is 12.6. The van der Waals surface area contributed by atoms with Crippen molar-refractivity contribution < 1.29 is 14.7 Å². The Kier molecular flexibility index (Phi) is 6.69. The summed E-state index contributed by atoms with van der Waals surface area (Å²) in [5.74, 6) is 0.0387. The van der Waals surface area contributed by atoms with Gasteiger partial charge in [-0.3, -0.25) is 14.6 Å². The van der Waals surface area contributed by atoms with Gasteiger partial charge in [0.15, 0.2) is 0 Å². The summed E-state index contributed by atoms with van der Waals surface area (Å²) in [5.41, 5.74) is 2.60. The summed E-state index contributed by atoms with van der Waals surface area (Å²) < 4.78 is 0. The summed E-state index contributed by atoms with van der Waals surface area (Å²) in [7, 11) is 0. The zero-order chi connectivity index (χ0) is 21.6. The molecule has 3 heterocycles. The highest BCUT2D eigenvalue weighted by molar-refractivity contribution is 7.13. The first-order valence-electron chi connectivity index (χ1n) is 10.3. The molecule has 0 bridgehead atoms. The van der Waals surface area contributed by atoms with Crippen molar-refractivity contribution in [1.29, 1.82) is 0 Å². The molecule has 7 nitrogen and oxygen atoms in total. The molecular formula is C23H24N4O3S. The van der Waals surface area contributed by atoms with Gasteiger partial charge in [0.1, 0.15) is 5.01 Å². The minimum atomic E-state index is -0.189. The molecule has 4 rings (SSSR count). The predicted molar refractivity (Wildman–Crippen MR) is 120 cm³/mol. The Hall–Kier alpha value is -3.10. The number of piperidine rings is 1. The molecule has 0 aliphatic carbocycles. The van der Waals surface area contributed by atoms with Crippen LogP contribution in [-0.4, -0.2) is 51.5 Å². The van der Waals surface area contributed by atoms with Gasteiger partial charge in [0.2, 0.25) is 5.91 Å². The summed E-state index contributed by atoms with van der Waals surface area (Å²) in [4.78, 5) is 35.9. The molecule has 0 unspecified atom stereocenters. The standard InChI is InChI=1S/C23H24N4O3S/c28-14-16-7-10-27(11-8-16)23(30)17-4-3-5-18(12-17)25-21(29)13-19-15-31-22(26-19)20-6-1-2-9-24-20/h1-6,9,12,15-16,28H,7-8,10-11,13-14H2,(H,25,29). The molecule has 31 heavy (non-hydrogen) atoms. The van der Waals surface area contributed by atoms with E-state index < -0.39 is 0 Å². The van der Waals surface area contributed by atoms with Crippen LogP contribution in [0.2, 0.25) is 0 Å². The number of carbonyl (C=O) groups is 2. The highest BCUT2D eigenvalue weighted by Crippen LogP contribution is 2.22. The van der Waals surface area contributed by atoms with Crippen LogP contribution in [0.5, 0.6) is 0 Å². The summed E-state index contributed by atoms with van der Waals surface area (Å²) in [5, 5.41) is 14.8. The minimum absolute atomic E-state index is 0.0491. The number of nitrogens with one attached hydrogen (secondary N) is 1. The fourth-order valence-corrected chi connectivity index (χ4v) is 4.39. The number of amides is 2. The van der Waals surface area contributed by atoms with E-state index in [0.29, 0.717) is 30.0 Å². The Bertz CT molecular complexity index is 1050. The summed E-state index contributed by atoms with van der Waals surface area (Å²) in [6.07, 6.45) is 3.49. The van der Waals surface area contributed by atoms with Gasteiger partial charge in [-0.1, -0.05) is 12.1 Å². The number of likely N-dealkylation sites (tertiary alicyclic amines) is 1. The largest absolute Gasteiger partial charge is 0.396 e.